The lowest BCUT2D eigenvalue weighted by atomic mass is 10.1. The minimum atomic E-state index is -0.954. The molecule has 0 radical (unpaired) electrons. The minimum absolute atomic E-state index is 0.0801. The Balaban J connectivity index is 0.000000202. The number of carbonyl (C=O) groups excluding carboxylic acids is 2. The predicted molar refractivity (Wildman–Crippen MR) is 308 cm³/mol. The Morgan fingerprint density at radius 1 is 0.560 bits per heavy atom. The van der Waals surface area contributed by atoms with E-state index in [1.54, 1.807) is 23.6 Å². The maximum Gasteiger partial charge on any atom is 0.332 e. The van der Waals surface area contributed by atoms with Crippen LogP contribution in [0.1, 0.15) is 87.1 Å². The number of ether oxygens (including phenoxy) is 6. The summed E-state index contributed by atoms with van der Waals surface area (Å²) in [5, 5.41) is 18.5. The van der Waals surface area contributed by atoms with Gasteiger partial charge >= 0.3 is 11.4 Å². The highest BCUT2D eigenvalue weighted by molar-refractivity contribution is 7.21. The van der Waals surface area contributed by atoms with Crippen molar-refractivity contribution in [3.05, 3.63) is 137 Å². The smallest absolute Gasteiger partial charge is 0.332 e. The molecule has 4 atom stereocenters. The molecule has 8 heterocycles. The second-order valence-electron chi connectivity index (χ2n) is 20.5. The van der Waals surface area contributed by atoms with Gasteiger partial charge in [-0.3, -0.25) is 28.3 Å². The average molecular weight is 1200 g/mol. The standard InChI is InChI=1S/2C28H33FN6O6S/c2*1-16(2)32-11-8-20(24(32)36)34-25(37)23-17(3)26(35-30-9-10-31-35)42-27(23)33(28(34)38)15-22(41-13-12-39-4)19-14-18(29)6-7-21(19)40-5/h2*6-7,9-10,14,16,20,22H,8,11-13,15H2,1-5H3/t20?,22-;20-,22+/m01/s1. The number of thiophene rings is 2. The van der Waals surface area contributed by atoms with Crippen molar-refractivity contribution in [2.24, 2.45) is 0 Å². The number of likely N-dealkylation sites (tertiary alicyclic amines) is 2. The van der Waals surface area contributed by atoms with Crippen molar-refractivity contribution < 1.29 is 46.8 Å². The van der Waals surface area contributed by atoms with E-state index in [1.807, 2.05) is 27.7 Å². The van der Waals surface area contributed by atoms with Gasteiger partial charge in [-0.2, -0.15) is 20.4 Å². The van der Waals surface area contributed by atoms with Gasteiger partial charge in [0.1, 0.15) is 67.1 Å². The SMILES string of the molecule is COCCO[C@@H](Cn1c(=O)n(C2CCN(C(C)C)C2=O)c(=O)c2c(C)c(-n3nccn3)sc21)c1cc(F)ccc1OC.COCCO[C@@H](Cn1c(=O)n([C@@H]2CCN(C(C)C)C2=O)c(=O)c2c(C)c(-n3nccn3)sc21)c1cc(F)ccc1OC. The summed E-state index contributed by atoms with van der Waals surface area (Å²) in [6.07, 6.45) is 4.98. The Kier molecular flexibility index (Phi) is 18.8. The highest BCUT2D eigenvalue weighted by Crippen LogP contribution is 2.37. The molecule has 0 N–H and O–H groups in total. The first kappa shape index (κ1) is 60.8. The van der Waals surface area contributed by atoms with Crippen LogP contribution in [0.3, 0.4) is 0 Å². The number of aryl methyl sites for hydroxylation is 2. The van der Waals surface area contributed by atoms with Gasteiger partial charge in [-0.1, -0.05) is 22.7 Å². The minimum Gasteiger partial charge on any atom is -0.496 e. The number of hydrogen-bond acceptors (Lipinski definition) is 18. The Hall–Kier alpha value is -7.76. The summed E-state index contributed by atoms with van der Waals surface area (Å²) in [5.41, 5.74) is -0.505. The normalized spacial score (nSPS) is 16.2. The van der Waals surface area contributed by atoms with Crippen LogP contribution in [-0.2, 0) is 41.6 Å². The first-order valence-corrected chi connectivity index (χ1v) is 28.8. The van der Waals surface area contributed by atoms with Crippen LogP contribution < -0.4 is 32.0 Å². The van der Waals surface area contributed by atoms with Gasteiger partial charge in [0.25, 0.3) is 11.1 Å². The summed E-state index contributed by atoms with van der Waals surface area (Å²) < 4.78 is 67.5. The molecule has 10 rings (SSSR count). The van der Waals surface area contributed by atoms with Crippen molar-refractivity contribution in [2.75, 3.05) is 68.0 Å². The van der Waals surface area contributed by atoms with Crippen LogP contribution in [0.25, 0.3) is 30.4 Å². The highest BCUT2D eigenvalue weighted by Gasteiger charge is 2.40. The number of carbonyl (C=O) groups is 2. The zero-order chi connectivity index (χ0) is 60.3. The maximum atomic E-state index is 14.5. The molecule has 2 aliphatic heterocycles. The summed E-state index contributed by atoms with van der Waals surface area (Å²) >= 11 is 2.36. The average Bonchev–Trinajstić information content (AvgIpc) is 2.20. The van der Waals surface area contributed by atoms with Crippen LogP contribution in [0.2, 0.25) is 0 Å². The van der Waals surface area contributed by atoms with Gasteiger partial charge in [-0.05, 0) is 90.8 Å². The van der Waals surface area contributed by atoms with E-state index in [0.717, 1.165) is 9.13 Å². The second kappa shape index (κ2) is 26.0. The molecule has 28 heteroatoms. The van der Waals surface area contributed by atoms with E-state index >= 15 is 0 Å². The number of rotatable bonds is 22. The number of halogens is 2. The predicted octanol–water partition coefficient (Wildman–Crippen LogP) is 5.70. The van der Waals surface area contributed by atoms with Crippen molar-refractivity contribution >= 4 is 54.9 Å². The fourth-order valence-corrected chi connectivity index (χ4v) is 13.2. The molecule has 2 aromatic carbocycles. The lowest BCUT2D eigenvalue weighted by Crippen LogP contribution is -2.45. The van der Waals surface area contributed by atoms with Crippen molar-refractivity contribution in [3.63, 3.8) is 0 Å². The van der Waals surface area contributed by atoms with Crippen LogP contribution in [0.4, 0.5) is 8.78 Å². The molecule has 2 saturated heterocycles. The summed E-state index contributed by atoms with van der Waals surface area (Å²) in [5.74, 6) is -0.818. The van der Waals surface area contributed by atoms with Gasteiger partial charge < -0.3 is 38.2 Å². The van der Waals surface area contributed by atoms with Crippen LogP contribution in [0.15, 0.2) is 80.4 Å². The van der Waals surface area contributed by atoms with Gasteiger partial charge in [0.05, 0.1) is 89.3 Å². The Morgan fingerprint density at radius 3 is 1.25 bits per heavy atom. The van der Waals surface area contributed by atoms with Crippen molar-refractivity contribution in [3.8, 4) is 21.5 Å². The van der Waals surface area contributed by atoms with E-state index in [0.29, 0.717) is 79.3 Å². The largest absolute Gasteiger partial charge is 0.496 e. The molecule has 0 saturated carbocycles. The molecule has 0 bridgehead atoms. The summed E-state index contributed by atoms with van der Waals surface area (Å²) in [4.78, 5) is 90.3. The van der Waals surface area contributed by atoms with Crippen molar-refractivity contribution in [2.45, 2.75) is 104 Å². The zero-order valence-electron chi connectivity index (χ0n) is 48.1. The molecule has 84 heavy (non-hydrogen) atoms. The molecule has 8 aromatic rings. The molecule has 24 nitrogen and oxygen atoms in total. The number of nitrogens with zero attached hydrogens (tertiary/aromatic N) is 12. The molecule has 6 aromatic heterocycles. The Bertz CT molecular complexity index is 3680. The van der Waals surface area contributed by atoms with Gasteiger partial charge in [-0.15, -0.1) is 9.59 Å². The monoisotopic (exact) mass is 1200 g/mol. The van der Waals surface area contributed by atoms with Crippen molar-refractivity contribution in [1.82, 2.24) is 58.1 Å². The topological polar surface area (TPSA) is 245 Å². The third-order valence-corrected chi connectivity index (χ3v) is 17.5. The lowest BCUT2D eigenvalue weighted by molar-refractivity contribution is -0.132. The number of benzene rings is 2. The van der Waals surface area contributed by atoms with Gasteiger partial charge in [0, 0.05) is 61.6 Å². The first-order chi connectivity index (χ1) is 40.3. The van der Waals surface area contributed by atoms with Gasteiger partial charge in [0.2, 0.25) is 11.8 Å². The molecule has 2 aliphatic rings. The lowest BCUT2D eigenvalue weighted by Gasteiger charge is -2.24. The summed E-state index contributed by atoms with van der Waals surface area (Å²) in [7, 11) is 5.99. The Morgan fingerprint density at radius 2 is 0.929 bits per heavy atom. The van der Waals surface area contributed by atoms with E-state index < -0.39 is 58.4 Å². The van der Waals surface area contributed by atoms with E-state index in [-0.39, 0.29) is 74.2 Å². The molecule has 1 unspecified atom stereocenters. The summed E-state index contributed by atoms with van der Waals surface area (Å²) in [6.45, 7) is 12.6. The zero-order valence-corrected chi connectivity index (χ0v) is 49.8. The van der Waals surface area contributed by atoms with E-state index in [4.69, 9.17) is 28.4 Å². The maximum absolute atomic E-state index is 14.5. The second-order valence-corrected chi connectivity index (χ2v) is 22.5. The molecule has 0 aliphatic carbocycles. The van der Waals surface area contributed by atoms with E-state index in [9.17, 15) is 37.5 Å². The van der Waals surface area contributed by atoms with Crippen molar-refractivity contribution in [1.29, 1.82) is 0 Å². The molecular formula is C56H66F2N12O12S2. The summed E-state index contributed by atoms with van der Waals surface area (Å²) in [6, 6.07) is 6.07. The fourth-order valence-electron chi connectivity index (χ4n) is 10.8. The van der Waals surface area contributed by atoms with Crippen LogP contribution in [0, 0.1) is 25.5 Å². The molecular weight excluding hydrogens is 1130 g/mol. The molecule has 2 amide bonds. The molecule has 448 valence electrons. The van der Waals surface area contributed by atoms with Crippen LogP contribution >= 0.6 is 22.7 Å². The number of methoxy groups -OCH3 is 4. The fraction of sp³-hybridized carbons (Fsp3) is 0.464. The molecule has 2 fully saturated rings. The number of amides is 2. The van der Waals surface area contributed by atoms with E-state index in [2.05, 4.69) is 20.4 Å². The van der Waals surface area contributed by atoms with E-state index in [1.165, 1.54) is 131 Å². The first-order valence-electron chi connectivity index (χ1n) is 27.1. The van der Waals surface area contributed by atoms with Gasteiger partial charge in [-0.25, -0.2) is 27.5 Å². The number of hydrogen-bond donors (Lipinski definition) is 0. The van der Waals surface area contributed by atoms with Gasteiger partial charge in [0.15, 0.2) is 0 Å². The third-order valence-electron chi connectivity index (χ3n) is 14.9. The third kappa shape index (κ3) is 11.7. The molecule has 0 spiro atoms. The Labute approximate surface area is 487 Å². The number of fused-ring (bicyclic) bond motifs is 2. The quantitative estimate of drug-likeness (QED) is 0.0739. The van der Waals surface area contributed by atoms with Crippen LogP contribution in [-0.4, -0.2) is 150 Å². The van der Waals surface area contributed by atoms with Crippen LogP contribution in [0.5, 0.6) is 11.5 Å². The highest BCUT2D eigenvalue weighted by atomic mass is 32.1. The number of aromatic nitrogens is 10.